The first kappa shape index (κ1) is 17.2. The van der Waals surface area contributed by atoms with Crippen molar-refractivity contribution in [1.29, 1.82) is 0 Å². The second-order valence-electron chi connectivity index (χ2n) is 6.14. The molecule has 22 heavy (non-hydrogen) atoms. The molecular weight excluding hydrogens is 296 g/mol. The van der Waals surface area contributed by atoms with Gasteiger partial charge in [-0.3, -0.25) is 4.90 Å². The standard InChI is InChI=1S/C16H22F4N2/c1-12(8-13-2-4-15(17)5-3-13)21-9-14-6-7-22(10-14)11-16(18,19)20/h2-5,12,14,21H,6-11H2,1H3/t12-,14-/m0/s1. The minimum atomic E-state index is -4.11. The summed E-state index contributed by atoms with van der Waals surface area (Å²) in [6.45, 7) is 2.95. The van der Waals surface area contributed by atoms with Crippen LogP contribution in [0.2, 0.25) is 0 Å². The van der Waals surface area contributed by atoms with Crippen LogP contribution < -0.4 is 5.32 Å². The third kappa shape index (κ3) is 5.93. The Kier molecular flexibility index (Phi) is 5.81. The Morgan fingerprint density at radius 2 is 1.95 bits per heavy atom. The van der Waals surface area contributed by atoms with Crippen molar-refractivity contribution in [3.05, 3.63) is 35.6 Å². The summed E-state index contributed by atoms with van der Waals surface area (Å²) in [5.41, 5.74) is 1.05. The van der Waals surface area contributed by atoms with E-state index >= 15 is 0 Å². The normalized spacial score (nSPS) is 21.2. The maximum atomic E-state index is 12.8. The molecule has 0 amide bonds. The van der Waals surface area contributed by atoms with Crippen molar-refractivity contribution in [1.82, 2.24) is 10.2 Å². The van der Waals surface area contributed by atoms with Gasteiger partial charge in [0.15, 0.2) is 0 Å². The SMILES string of the molecule is C[C@@H](Cc1ccc(F)cc1)NC[C@@H]1CCN(CC(F)(F)F)C1. The summed E-state index contributed by atoms with van der Waals surface area (Å²) >= 11 is 0. The van der Waals surface area contributed by atoms with Crippen molar-refractivity contribution >= 4 is 0 Å². The van der Waals surface area contributed by atoms with E-state index in [1.165, 1.54) is 17.0 Å². The van der Waals surface area contributed by atoms with Gasteiger partial charge in [0.25, 0.3) is 0 Å². The fourth-order valence-electron chi connectivity index (χ4n) is 2.89. The Morgan fingerprint density at radius 3 is 2.59 bits per heavy atom. The van der Waals surface area contributed by atoms with E-state index in [-0.39, 0.29) is 17.8 Å². The van der Waals surface area contributed by atoms with Crippen molar-refractivity contribution in [2.45, 2.75) is 32.0 Å². The van der Waals surface area contributed by atoms with Gasteiger partial charge in [0.1, 0.15) is 5.82 Å². The minimum absolute atomic E-state index is 0.210. The molecule has 1 aliphatic heterocycles. The fourth-order valence-corrected chi connectivity index (χ4v) is 2.89. The molecule has 0 aromatic heterocycles. The number of hydrogen-bond donors (Lipinski definition) is 1. The van der Waals surface area contributed by atoms with E-state index in [4.69, 9.17) is 0 Å². The number of likely N-dealkylation sites (tertiary alicyclic amines) is 1. The second kappa shape index (κ2) is 7.42. The molecule has 0 spiro atoms. The lowest BCUT2D eigenvalue weighted by atomic mass is 10.1. The molecule has 1 N–H and O–H groups in total. The maximum Gasteiger partial charge on any atom is 0.401 e. The summed E-state index contributed by atoms with van der Waals surface area (Å²) in [7, 11) is 0. The van der Waals surface area contributed by atoms with Crippen LogP contribution >= 0.6 is 0 Å². The number of benzene rings is 1. The molecule has 0 saturated carbocycles. The van der Waals surface area contributed by atoms with Crippen LogP contribution in [0, 0.1) is 11.7 Å². The summed E-state index contributed by atoms with van der Waals surface area (Å²) < 4.78 is 49.8. The number of nitrogens with zero attached hydrogens (tertiary/aromatic N) is 1. The zero-order valence-corrected chi connectivity index (χ0v) is 12.7. The highest BCUT2D eigenvalue weighted by molar-refractivity contribution is 5.16. The number of alkyl halides is 3. The van der Waals surface area contributed by atoms with E-state index in [9.17, 15) is 17.6 Å². The topological polar surface area (TPSA) is 15.3 Å². The van der Waals surface area contributed by atoms with Crippen LogP contribution in [0.25, 0.3) is 0 Å². The monoisotopic (exact) mass is 318 g/mol. The Morgan fingerprint density at radius 1 is 1.27 bits per heavy atom. The highest BCUT2D eigenvalue weighted by Crippen LogP contribution is 2.22. The third-order valence-electron chi connectivity index (χ3n) is 3.98. The van der Waals surface area contributed by atoms with Gasteiger partial charge in [0.2, 0.25) is 0 Å². The van der Waals surface area contributed by atoms with Crippen LogP contribution in [-0.2, 0) is 6.42 Å². The Bertz CT molecular complexity index is 458. The first-order chi connectivity index (χ1) is 10.3. The van der Waals surface area contributed by atoms with E-state index < -0.39 is 12.7 Å². The van der Waals surface area contributed by atoms with Gasteiger partial charge >= 0.3 is 6.18 Å². The molecule has 2 atom stereocenters. The summed E-state index contributed by atoms with van der Waals surface area (Å²) in [6, 6.07) is 6.60. The fraction of sp³-hybridized carbons (Fsp3) is 0.625. The van der Waals surface area contributed by atoms with Gasteiger partial charge in [0, 0.05) is 12.6 Å². The quantitative estimate of drug-likeness (QED) is 0.810. The van der Waals surface area contributed by atoms with Crippen LogP contribution in [0.1, 0.15) is 18.9 Å². The molecule has 124 valence electrons. The number of nitrogens with one attached hydrogen (secondary N) is 1. The molecule has 6 heteroatoms. The molecule has 0 bridgehead atoms. The summed E-state index contributed by atoms with van der Waals surface area (Å²) in [4.78, 5) is 1.47. The van der Waals surface area contributed by atoms with Crippen LogP contribution in [0.4, 0.5) is 17.6 Å². The second-order valence-corrected chi connectivity index (χ2v) is 6.14. The summed E-state index contributed by atoms with van der Waals surface area (Å²) in [5, 5.41) is 3.37. The summed E-state index contributed by atoms with van der Waals surface area (Å²) in [5.74, 6) is 0.0121. The first-order valence-electron chi connectivity index (χ1n) is 7.59. The predicted octanol–water partition coefficient (Wildman–Crippen LogP) is 3.23. The Hall–Kier alpha value is -1.14. The zero-order chi connectivity index (χ0) is 16.2. The first-order valence-corrected chi connectivity index (χ1v) is 7.59. The van der Waals surface area contributed by atoms with Crippen LogP contribution in [0.3, 0.4) is 0 Å². The molecule has 2 rings (SSSR count). The van der Waals surface area contributed by atoms with E-state index in [0.717, 1.165) is 24.9 Å². The number of halogens is 4. The van der Waals surface area contributed by atoms with E-state index in [0.29, 0.717) is 13.1 Å². The minimum Gasteiger partial charge on any atom is -0.314 e. The molecule has 0 unspecified atom stereocenters. The predicted molar refractivity (Wildman–Crippen MR) is 78.2 cm³/mol. The van der Waals surface area contributed by atoms with Gasteiger partial charge in [-0.2, -0.15) is 13.2 Å². The Labute approximate surface area is 128 Å². The third-order valence-corrected chi connectivity index (χ3v) is 3.98. The van der Waals surface area contributed by atoms with E-state index in [1.54, 1.807) is 12.1 Å². The molecule has 1 aromatic rings. The van der Waals surface area contributed by atoms with Gasteiger partial charge in [-0.1, -0.05) is 12.1 Å². The van der Waals surface area contributed by atoms with Crippen molar-refractivity contribution in [2.75, 3.05) is 26.2 Å². The van der Waals surface area contributed by atoms with Gasteiger partial charge in [-0.25, -0.2) is 4.39 Å². The van der Waals surface area contributed by atoms with Gasteiger partial charge in [-0.05, 0) is 56.5 Å². The Balaban J connectivity index is 1.69. The van der Waals surface area contributed by atoms with Crippen LogP contribution in [-0.4, -0.2) is 43.3 Å². The van der Waals surface area contributed by atoms with Crippen LogP contribution in [0.15, 0.2) is 24.3 Å². The molecule has 1 saturated heterocycles. The molecule has 1 heterocycles. The molecule has 1 aromatic carbocycles. The molecule has 2 nitrogen and oxygen atoms in total. The number of rotatable bonds is 6. The lowest BCUT2D eigenvalue weighted by molar-refractivity contribution is -0.143. The van der Waals surface area contributed by atoms with Crippen molar-refractivity contribution in [3.63, 3.8) is 0 Å². The van der Waals surface area contributed by atoms with E-state index in [1.807, 2.05) is 6.92 Å². The van der Waals surface area contributed by atoms with Crippen molar-refractivity contribution in [3.8, 4) is 0 Å². The average Bonchev–Trinajstić information content (AvgIpc) is 2.84. The summed E-state index contributed by atoms with van der Waals surface area (Å²) in [6.07, 6.45) is -2.54. The van der Waals surface area contributed by atoms with Crippen molar-refractivity contribution in [2.24, 2.45) is 5.92 Å². The lowest BCUT2D eigenvalue weighted by Crippen LogP contribution is -2.36. The largest absolute Gasteiger partial charge is 0.401 e. The van der Waals surface area contributed by atoms with Gasteiger partial charge in [0.05, 0.1) is 6.54 Å². The molecule has 0 aliphatic carbocycles. The van der Waals surface area contributed by atoms with Crippen LogP contribution in [0.5, 0.6) is 0 Å². The lowest BCUT2D eigenvalue weighted by Gasteiger charge is -2.19. The smallest absolute Gasteiger partial charge is 0.314 e. The average molecular weight is 318 g/mol. The highest BCUT2D eigenvalue weighted by Gasteiger charge is 2.34. The van der Waals surface area contributed by atoms with Gasteiger partial charge < -0.3 is 5.32 Å². The molecule has 1 aliphatic rings. The van der Waals surface area contributed by atoms with Crippen molar-refractivity contribution < 1.29 is 17.6 Å². The highest BCUT2D eigenvalue weighted by atomic mass is 19.4. The molecule has 0 radical (unpaired) electrons. The zero-order valence-electron chi connectivity index (χ0n) is 12.7. The molecular formula is C16H22F4N2. The maximum absolute atomic E-state index is 12.8. The van der Waals surface area contributed by atoms with Gasteiger partial charge in [-0.15, -0.1) is 0 Å². The number of hydrogen-bond acceptors (Lipinski definition) is 2. The van der Waals surface area contributed by atoms with E-state index in [2.05, 4.69) is 5.32 Å². The molecule has 1 fully saturated rings.